The third-order valence-corrected chi connectivity index (χ3v) is 2.56. The number of ether oxygens (including phenoxy) is 1. The number of rotatable bonds is 9. The minimum atomic E-state index is -0.330. The molecule has 1 atom stereocenters. The van der Waals surface area contributed by atoms with Crippen molar-refractivity contribution in [3.05, 3.63) is 0 Å². The van der Waals surface area contributed by atoms with E-state index in [2.05, 4.69) is 15.4 Å². The standard InChI is InChI=1S/C13H24N2O4/c1-10(9-13(18)19-3)15-12(17)7-5-4-6-8-14-11(2)16/h10H,4-9H2,1-3H3,(H,14,16)(H,15,17). The predicted molar refractivity (Wildman–Crippen MR) is 71.4 cm³/mol. The van der Waals surface area contributed by atoms with Crippen molar-refractivity contribution in [3.8, 4) is 0 Å². The lowest BCUT2D eigenvalue weighted by Gasteiger charge is -2.12. The molecule has 0 aromatic carbocycles. The van der Waals surface area contributed by atoms with Gasteiger partial charge in [-0.1, -0.05) is 6.42 Å². The number of carbonyl (C=O) groups is 3. The fourth-order valence-corrected chi connectivity index (χ4v) is 1.58. The van der Waals surface area contributed by atoms with Crippen molar-refractivity contribution in [2.75, 3.05) is 13.7 Å². The van der Waals surface area contributed by atoms with Gasteiger partial charge in [0, 0.05) is 25.9 Å². The SMILES string of the molecule is COC(=O)CC(C)NC(=O)CCCCCNC(C)=O. The molecule has 6 heteroatoms. The topological polar surface area (TPSA) is 84.5 Å². The minimum absolute atomic E-state index is 0.0330. The quantitative estimate of drug-likeness (QED) is 0.479. The van der Waals surface area contributed by atoms with E-state index in [1.165, 1.54) is 14.0 Å². The average Bonchev–Trinajstić information content (AvgIpc) is 2.32. The van der Waals surface area contributed by atoms with Crippen LogP contribution >= 0.6 is 0 Å². The van der Waals surface area contributed by atoms with Crippen molar-refractivity contribution in [2.24, 2.45) is 0 Å². The van der Waals surface area contributed by atoms with E-state index >= 15 is 0 Å². The molecule has 0 aliphatic rings. The van der Waals surface area contributed by atoms with Gasteiger partial charge in [-0.05, 0) is 19.8 Å². The summed E-state index contributed by atoms with van der Waals surface area (Å²) < 4.78 is 4.52. The molecular weight excluding hydrogens is 248 g/mol. The van der Waals surface area contributed by atoms with Gasteiger partial charge in [0.2, 0.25) is 11.8 Å². The Kier molecular flexibility index (Phi) is 9.48. The Hall–Kier alpha value is -1.59. The summed E-state index contributed by atoms with van der Waals surface area (Å²) in [6.07, 6.45) is 3.15. The van der Waals surface area contributed by atoms with E-state index in [0.29, 0.717) is 13.0 Å². The van der Waals surface area contributed by atoms with Gasteiger partial charge in [0.1, 0.15) is 0 Å². The maximum absolute atomic E-state index is 11.5. The molecule has 2 N–H and O–H groups in total. The summed E-state index contributed by atoms with van der Waals surface area (Å²) in [5, 5.41) is 5.45. The van der Waals surface area contributed by atoms with Crippen molar-refractivity contribution in [1.82, 2.24) is 10.6 Å². The molecule has 0 spiro atoms. The maximum Gasteiger partial charge on any atom is 0.307 e. The predicted octanol–water partition coefficient (Wildman–Crippen LogP) is 0.751. The van der Waals surface area contributed by atoms with E-state index in [-0.39, 0.29) is 30.2 Å². The number of nitrogens with one attached hydrogen (secondary N) is 2. The van der Waals surface area contributed by atoms with Crippen LogP contribution < -0.4 is 10.6 Å². The molecule has 1 unspecified atom stereocenters. The summed E-state index contributed by atoms with van der Waals surface area (Å²) in [5.74, 6) is -0.423. The van der Waals surface area contributed by atoms with E-state index in [1.54, 1.807) is 6.92 Å². The first-order valence-electron chi connectivity index (χ1n) is 6.56. The number of esters is 1. The number of methoxy groups -OCH3 is 1. The van der Waals surface area contributed by atoms with Crippen LogP contribution in [0.2, 0.25) is 0 Å². The van der Waals surface area contributed by atoms with Crippen LogP contribution in [-0.2, 0) is 19.1 Å². The number of carbonyl (C=O) groups excluding carboxylic acids is 3. The fourth-order valence-electron chi connectivity index (χ4n) is 1.58. The molecule has 0 bridgehead atoms. The monoisotopic (exact) mass is 272 g/mol. The van der Waals surface area contributed by atoms with Gasteiger partial charge in [-0.25, -0.2) is 0 Å². The summed E-state index contributed by atoms with van der Waals surface area (Å²) in [5.41, 5.74) is 0. The molecule has 0 saturated heterocycles. The van der Waals surface area contributed by atoms with E-state index in [4.69, 9.17) is 0 Å². The number of hydrogen-bond donors (Lipinski definition) is 2. The number of hydrogen-bond acceptors (Lipinski definition) is 4. The van der Waals surface area contributed by atoms with Crippen LogP contribution in [0, 0.1) is 0 Å². The van der Waals surface area contributed by atoms with Crippen LogP contribution in [0.15, 0.2) is 0 Å². The molecule has 0 aliphatic carbocycles. The second kappa shape index (κ2) is 10.3. The smallest absolute Gasteiger partial charge is 0.307 e. The lowest BCUT2D eigenvalue weighted by molar-refractivity contribution is -0.141. The zero-order chi connectivity index (χ0) is 14.7. The highest BCUT2D eigenvalue weighted by atomic mass is 16.5. The van der Waals surface area contributed by atoms with Crippen LogP contribution in [0.25, 0.3) is 0 Å². The average molecular weight is 272 g/mol. The number of amides is 2. The first kappa shape index (κ1) is 17.4. The van der Waals surface area contributed by atoms with Gasteiger partial charge in [0.25, 0.3) is 0 Å². The first-order chi connectivity index (χ1) is 8.95. The Morgan fingerprint density at radius 2 is 1.84 bits per heavy atom. The zero-order valence-electron chi connectivity index (χ0n) is 12.0. The van der Waals surface area contributed by atoms with Gasteiger partial charge in [-0.3, -0.25) is 14.4 Å². The molecule has 0 fully saturated rings. The van der Waals surface area contributed by atoms with Gasteiger partial charge in [-0.15, -0.1) is 0 Å². The van der Waals surface area contributed by atoms with Crippen LogP contribution in [0.4, 0.5) is 0 Å². The molecule has 0 aromatic rings. The molecular formula is C13H24N2O4. The van der Waals surface area contributed by atoms with Gasteiger partial charge in [0.15, 0.2) is 0 Å². The van der Waals surface area contributed by atoms with Crippen molar-refractivity contribution < 1.29 is 19.1 Å². The molecule has 0 heterocycles. The Balaban J connectivity index is 3.53. The van der Waals surface area contributed by atoms with Gasteiger partial charge in [0.05, 0.1) is 13.5 Å². The second-order valence-corrected chi connectivity index (χ2v) is 4.54. The van der Waals surface area contributed by atoms with Crippen molar-refractivity contribution in [3.63, 3.8) is 0 Å². The molecule has 6 nitrogen and oxygen atoms in total. The van der Waals surface area contributed by atoms with Crippen molar-refractivity contribution in [2.45, 2.75) is 52.0 Å². The van der Waals surface area contributed by atoms with E-state index in [1.807, 2.05) is 0 Å². The van der Waals surface area contributed by atoms with Crippen molar-refractivity contribution in [1.29, 1.82) is 0 Å². The van der Waals surface area contributed by atoms with Crippen molar-refractivity contribution >= 4 is 17.8 Å². The molecule has 0 saturated carbocycles. The lowest BCUT2D eigenvalue weighted by Crippen LogP contribution is -2.34. The second-order valence-electron chi connectivity index (χ2n) is 4.54. The van der Waals surface area contributed by atoms with Crippen LogP contribution in [0.5, 0.6) is 0 Å². The molecule has 2 amide bonds. The lowest BCUT2D eigenvalue weighted by atomic mass is 10.1. The highest BCUT2D eigenvalue weighted by Crippen LogP contribution is 2.00. The summed E-state index contributed by atoms with van der Waals surface area (Å²) in [6.45, 7) is 3.90. The Morgan fingerprint density at radius 1 is 1.16 bits per heavy atom. The van der Waals surface area contributed by atoms with Gasteiger partial charge >= 0.3 is 5.97 Å². The van der Waals surface area contributed by atoms with Crippen LogP contribution in [0.3, 0.4) is 0 Å². The van der Waals surface area contributed by atoms with E-state index < -0.39 is 0 Å². The Morgan fingerprint density at radius 3 is 2.42 bits per heavy atom. The van der Waals surface area contributed by atoms with E-state index in [0.717, 1.165) is 19.3 Å². The van der Waals surface area contributed by atoms with Gasteiger partial charge < -0.3 is 15.4 Å². The third kappa shape index (κ3) is 11.2. The molecule has 0 aliphatic heterocycles. The highest BCUT2D eigenvalue weighted by Gasteiger charge is 2.11. The summed E-state index contributed by atoms with van der Waals surface area (Å²) in [4.78, 5) is 33.1. The summed E-state index contributed by atoms with van der Waals surface area (Å²) in [6, 6.07) is -0.209. The molecule has 110 valence electrons. The third-order valence-electron chi connectivity index (χ3n) is 2.56. The Bertz CT molecular complexity index is 305. The molecule has 0 aromatic heterocycles. The highest BCUT2D eigenvalue weighted by molar-refractivity contribution is 5.77. The van der Waals surface area contributed by atoms with Crippen LogP contribution in [0.1, 0.15) is 46.0 Å². The maximum atomic E-state index is 11.5. The summed E-state index contributed by atoms with van der Waals surface area (Å²) in [7, 11) is 1.33. The van der Waals surface area contributed by atoms with Gasteiger partial charge in [-0.2, -0.15) is 0 Å². The summed E-state index contributed by atoms with van der Waals surface area (Å²) >= 11 is 0. The van der Waals surface area contributed by atoms with Crippen LogP contribution in [-0.4, -0.2) is 37.5 Å². The normalized spacial score (nSPS) is 11.5. The minimum Gasteiger partial charge on any atom is -0.469 e. The fraction of sp³-hybridized carbons (Fsp3) is 0.769. The Labute approximate surface area is 114 Å². The molecule has 0 radical (unpaired) electrons. The molecule has 19 heavy (non-hydrogen) atoms. The zero-order valence-corrected chi connectivity index (χ0v) is 12.0. The first-order valence-corrected chi connectivity index (χ1v) is 6.56. The number of unbranched alkanes of at least 4 members (excludes halogenated alkanes) is 2. The largest absolute Gasteiger partial charge is 0.469 e. The molecule has 0 rings (SSSR count). The van der Waals surface area contributed by atoms with E-state index in [9.17, 15) is 14.4 Å².